The van der Waals surface area contributed by atoms with Gasteiger partial charge in [0.1, 0.15) is 13.2 Å². The number of sulfone groups is 1. The van der Waals surface area contributed by atoms with Crippen LogP contribution in [0.5, 0.6) is 11.5 Å². The second-order valence-electron chi connectivity index (χ2n) is 4.51. The lowest BCUT2D eigenvalue weighted by Gasteiger charge is -2.22. The lowest BCUT2D eigenvalue weighted by Crippen LogP contribution is -2.21. The molecule has 7 nitrogen and oxygen atoms in total. The number of hydrogen-bond acceptors (Lipinski definition) is 6. The Hall–Kier alpha value is -1.80. The van der Waals surface area contributed by atoms with Gasteiger partial charge in [0.05, 0.1) is 11.3 Å². The summed E-state index contributed by atoms with van der Waals surface area (Å²) in [5, 5.41) is 8.79. The minimum atomic E-state index is -3.56. The van der Waals surface area contributed by atoms with Crippen molar-refractivity contribution in [2.24, 2.45) is 5.73 Å². The van der Waals surface area contributed by atoms with Crippen LogP contribution in [0.25, 0.3) is 0 Å². The van der Waals surface area contributed by atoms with Gasteiger partial charge in [0.2, 0.25) is 0 Å². The fourth-order valence-corrected chi connectivity index (χ4v) is 2.95. The highest BCUT2D eigenvalue weighted by Crippen LogP contribution is 2.37. The summed E-state index contributed by atoms with van der Waals surface area (Å²) in [5.74, 6) is -0.408. The minimum absolute atomic E-state index is 0.0319. The van der Waals surface area contributed by atoms with E-state index >= 15 is 0 Å². The molecule has 8 heteroatoms. The van der Waals surface area contributed by atoms with E-state index < -0.39 is 21.8 Å². The molecule has 1 aliphatic heterocycles. The summed E-state index contributed by atoms with van der Waals surface area (Å²) in [6.45, 7) is 0.676. The van der Waals surface area contributed by atoms with Crippen molar-refractivity contribution in [3.63, 3.8) is 0 Å². The van der Waals surface area contributed by atoms with Crippen LogP contribution in [0.15, 0.2) is 17.0 Å². The molecule has 1 unspecified atom stereocenters. The first-order chi connectivity index (χ1) is 9.29. The molecule has 0 aromatic heterocycles. The van der Waals surface area contributed by atoms with Gasteiger partial charge >= 0.3 is 5.97 Å². The van der Waals surface area contributed by atoms with Crippen LogP contribution >= 0.6 is 0 Å². The average Bonchev–Trinajstić information content (AvgIpc) is 2.35. The van der Waals surface area contributed by atoms with Gasteiger partial charge in [-0.3, -0.25) is 4.79 Å². The lowest BCUT2D eigenvalue weighted by molar-refractivity contribution is -0.137. The molecule has 0 fully saturated rings. The SMILES string of the molecule is CS(=O)(=O)c1cc2c(cc1C(N)CC(=O)O)OCCO2. The number of ether oxygens (including phenoxy) is 2. The molecule has 1 aromatic rings. The van der Waals surface area contributed by atoms with Crippen molar-refractivity contribution in [1.82, 2.24) is 0 Å². The summed E-state index contributed by atoms with van der Waals surface area (Å²) >= 11 is 0. The molecular weight excluding hydrogens is 286 g/mol. The molecule has 0 aliphatic carbocycles. The summed E-state index contributed by atoms with van der Waals surface area (Å²) in [6, 6.07) is 1.84. The molecule has 1 heterocycles. The van der Waals surface area contributed by atoms with Crippen LogP contribution in [-0.2, 0) is 14.6 Å². The number of nitrogens with two attached hydrogens (primary N) is 1. The fraction of sp³-hybridized carbons (Fsp3) is 0.417. The van der Waals surface area contributed by atoms with E-state index in [1.807, 2.05) is 0 Å². The van der Waals surface area contributed by atoms with Crippen molar-refractivity contribution in [1.29, 1.82) is 0 Å². The first-order valence-corrected chi connectivity index (χ1v) is 7.79. The third-order valence-electron chi connectivity index (χ3n) is 2.87. The second kappa shape index (κ2) is 5.29. The number of fused-ring (bicyclic) bond motifs is 1. The average molecular weight is 301 g/mol. The minimum Gasteiger partial charge on any atom is -0.486 e. The van der Waals surface area contributed by atoms with Gasteiger partial charge in [0.25, 0.3) is 0 Å². The van der Waals surface area contributed by atoms with E-state index in [4.69, 9.17) is 20.3 Å². The van der Waals surface area contributed by atoms with Gasteiger partial charge in [-0.25, -0.2) is 8.42 Å². The molecule has 20 heavy (non-hydrogen) atoms. The van der Waals surface area contributed by atoms with Crippen molar-refractivity contribution in [2.75, 3.05) is 19.5 Å². The van der Waals surface area contributed by atoms with Crippen molar-refractivity contribution in [3.8, 4) is 11.5 Å². The van der Waals surface area contributed by atoms with Crippen LogP contribution in [0.3, 0.4) is 0 Å². The molecule has 2 rings (SSSR count). The van der Waals surface area contributed by atoms with Crippen LogP contribution in [0.2, 0.25) is 0 Å². The first-order valence-electron chi connectivity index (χ1n) is 5.90. The molecular formula is C12H15NO6S. The maximum absolute atomic E-state index is 11.8. The maximum Gasteiger partial charge on any atom is 0.305 e. The molecule has 0 radical (unpaired) electrons. The Morgan fingerprint density at radius 1 is 1.35 bits per heavy atom. The molecule has 0 saturated carbocycles. The highest BCUT2D eigenvalue weighted by Gasteiger charge is 2.25. The summed E-state index contributed by atoms with van der Waals surface area (Å²) in [4.78, 5) is 10.7. The number of hydrogen-bond donors (Lipinski definition) is 2. The molecule has 1 aromatic carbocycles. The number of carboxylic acids is 1. The van der Waals surface area contributed by atoms with E-state index in [-0.39, 0.29) is 16.9 Å². The molecule has 1 atom stereocenters. The molecule has 0 saturated heterocycles. The quantitative estimate of drug-likeness (QED) is 0.823. The Labute approximate surface area is 116 Å². The molecule has 110 valence electrons. The third kappa shape index (κ3) is 3.02. The molecule has 0 amide bonds. The fourth-order valence-electron chi connectivity index (χ4n) is 1.99. The zero-order chi connectivity index (χ0) is 14.9. The zero-order valence-electron chi connectivity index (χ0n) is 10.8. The van der Waals surface area contributed by atoms with Crippen LogP contribution in [0.4, 0.5) is 0 Å². The Kier molecular flexibility index (Phi) is 3.87. The summed E-state index contributed by atoms with van der Waals surface area (Å²) in [7, 11) is -3.56. The van der Waals surface area contributed by atoms with Crippen LogP contribution < -0.4 is 15.2 Å². The van der Waals surface area contributed by atoms with Crippen LogP contribution in [0.1, 0.15) is 18.0 Å². The number of benzene rings is 1. The van der Waals surface area contributed by atoms with Crippen LogP contribution in [-0.4, -0.2) is 39.0 Å². The predicted octanol–water partition coefficient (Wildman–Crippen LogP) is 0.336. The second-order valence-corrected chi connectivity index (χ2v) is 6.49. The van der Waals surface area contributed by atoms with E-state index in [1.54, 1.807) is 0 Å². The summed E-state index contributed by atoms with van der Waals surface area (Å²) < 4.78 is 34.4. The van der Waals surface area contributed by atoms with Gasteiger partial charge in [0, 0.05) is 18.4 Å². The summed E-state index contributed by atoms with van der Waals surface area (Å²) in [5.41, 5.74) is 6.01. The highest BCUT2D eigenvalue weighted by atomic mass is 32.2. The number of carboxylic acid groups (broad SMARTS) is 1. The smallest absolute Gasteiger partial charge is 0.305 e. The molecule has 3 N–H and O–H groups in total. The van der Waals surface area contributed by atoms with Gasteiger partial charge in [-0.05, 0) is 11.6 Å². The Morgan fingerprint density at radius 3 is 2.40 bits per heavy atom. The molecule has 1 aliphatic rings. The van der Waals surface area contributed by atoms with Crippen molar-refractivity contribution in [2.45, 2.75) is 17.4 Å². The normalized spacial score (nSPS) is 15.7. The Balaban J connectivity index is 2.55. The monoisotopic (exact) mass is 301 g/mol. The predicted molar refractivity (Wildman–Crippen MR) is 69.7 cm³/mol. The highest BCUT2D eigenvalue weighted by molar-refractivity contribution is 7.90. The number of carbonyl (C=O) groups is 1. The first kappa shape index (κ1) is 14.6. The largest absolute Gasteiger partial charge is 0.486 e. The Bertz CT molecular complexity index is 640. The van der Waals surface area contributed by atoms with Gasteiger partial charge in [0.15, 0.2) is 21.3 Å². The molecule has 0 bridgehead atoms. The maximum atomic E-state index is 11.8. The zero-order valence-corrected chi connectivity index (χ0v) is 11.6. The third-order valence-corrected chi connectivity index (χ3v) is 4.02. The standard InChI is InChI=1S/C12H15NO6S/c1-20(16,17)11-6-10-9(18-2-3-19-10)4-7(11)8(13)5-12(14)15/h4,6,8H,2-3,5,13H2,1H3,(H,14,15). The van der Waals surface area contributed by atoms with Crippen molar-refractivity contribution < 1.29 is 27.8 Å². The number of rotatable bonds is 4. The van der Waals surface area contributed by atoms with Gasteiger partial charge in [-0.2, -0.15) is 0 Å². The van der Waals surface area contributed by atoms with Crippen molar-refractivity contribution >= 4 is 15.8 Å². The van der Waals surface area contributed by atoms with E-state index in [0.29, 0.717) is 24.7 Å². The van der Waals surface area contributed by atoms with E-state index in [1.165, 1.54) is 12.1 Å². The van der Waals surface area contributed by atoms with Gasteiger partial charge < -0.3 is 20.3 Å². The Morgan fingerprint density at radius 2 is 1.90 bits per heavy atom. The van der Waals surface area contributed by atoms with Gasteiger partial charge in [-0.15, -0.1) is 0 Å². The van der Waals surface area contributed by atoms with Crippen molar-refractivity contribution in [3.05, 3.63) is 17.7 Å². The van der Waals surface area contributed by atoms with E-state index in [9.17, 15) is 13.2 Å². The van der Waals surface area contributed by atoms with E-state index in [2.05, 4.69) is 0 Å². The van der Waals surface area contributed by atoms with Gasteiger partial charge in [-0.1, -0.05) is 0 Å². The van der Waals surface area contributed by atoms with Crippen LogP contribution in [0, 0.1) is 0 Å². The number of aliphatic carboxylic acids is 1. The summed E-state index contributed by atoms with van der Waals surface area (Å²) in [6.07, 6.45) is 0.664. The molecule has 0 spiro atoms. The lowest BCUT2D eigenvalue weighted by atomic mass is 10.0. The van der Waals surface area contributed by atoms with E-state index in [0.717, 1.165) is 6.26 Å². The topological polar surface area (TPSA) is 116 Å².